The maximum atomic E-state index is 10.4. The second kappa shape index (κ2) is 7.10. The van der Waals surface area contributed by atoms with Crippen molar-refractivity contribution in [2.75, 3.05) is 13.2 Å². The Bertz CT molecular complexity index is 123. The number of rotatable bonds is 7. The van der Waals surface area contributed by atoms with Gasteiger partial charge < -0.3 is 9.84 Å². The summed E-state index contributed by atoms with van der Waals surface area (Å²) in [5, 5.41) is 8.55. The van der Waals surface area contributed by atoms with Crippen molar-refractivity contribution >= 4 is 5.97 Å². The molecular weight excluding hydrogens is 156 g/mol. The Morgan fingerprint density at radius 3 is 2.67 bits per heavy atom. The summed E-state index contributed by atoms with van der Waals surface area (Å²) in [6, 6.07) is 0. The molecule has 0 aliphatic heterocycles. The van der Waals surface area contributed by atoms with Crippen molar-refractivity contribution in [3.8, 4) is 0 Å². The van der Waals surface area contributed by atoms with Crippen LogP contribution in [0.15, 0.2) is 0 Å². The highest BCUT2D eigenvalue weighted by atomic mass is 16.5. The summed E-state index contributed by atoms with van der Waals surface area (Å²) in [4.78, 5) is 10.4. The molecule has 1 atom stereocenters. The standard InChI is InChI=1S/C9H18O3/c1-3-12-7-5-4-6-8(2)9(10)11/h8H,3-7H2,1-2H3,(H,10,11). The second-order valence-corrected chi connectivity index (χ2v) is 2.93. The molecule has 0 radical (unpaired) electrons. The van der Waals surface area contributed by atoms with E-state index in [4.69, 9.17) is 9.84 Å². The number of carboxylic acids is 1. The Morgan fingerprint density at radius 1 is 1.50 bits per heavy atom. The molecule has 3 heteroatoms. The van der Waals surface area contributed by atoms with Crippen LogP contribution in [0.4, 0.5) is 0 Å². The summed E-state index contributed by atoms with van der Waals surface area (Å²) in [7, 11) is 0. The van der Waals surface area contributed by atoms with Gasteiger partial charge in [-0.1, -0.05) is 13.3 Å². The van der Waals surface area contributed by atoms with Crippen LogP contribution in [0.5, 0.6) is 0 Å². The molecule has 12 heavy (non-hydrogen) atoms. The Hall–Kier alpha value is -0.570. The first-order valence-corrected chi connectivity index (χ1v) is 4.49. The highest BCUT2D eigenvalue weighted by Crippen LogP contribution is 2.07. The van der Waals surface area contributed by atoms with Gasteiger partial charge in [0.2, 0.25) is 0 Å². The number of hydrogen-bond acceptors (Lipinski definition) is 2. The van der Waals surface area contributed by atoms with Gasteiger partial charge in [-0.2, -0.15) is 0 Å². The molecule has 0 rings (SSSR count). The zero-order chi connectivity index (χ0) is 9.40. The summed E-state index contributed by atoms with van der Waals surface area (Å²) in [6.07, 6.45) is 2.65. The lowest BCUT2D eigenvalue weighted by molar-refractivity contribution is -0.141. The molecule has 1 unspecified atom stereocenters. The van der Waals surface area contributed by atoms with Gasteiger partial charge in [0.1, 0.15) is 0 Å². The van der Waals surface area contributed by atoms with E-state index in [-0.39, 0.29) is 5.92 Å². The quantitative estimate of drug-likeness (QED) is 0.600. The lowest BCUT2D eigenvalue weighted by Gasteiger charge is -2.05. The fourth-order valence-electron chi connectivity index (χ4n) is 0.922. The van der Waals surface area contributed by atoms with E-state index in [9.17, 15) is 4.79 Å². The van der Waals surface area contributed by atoms with Crippen molar-refractivity contribution in [2.24, 2.45) is 5.92 Å². The van der Waals surface area contributed by atoms with Gasteiger partial charge in [-0.3, -0.25) is 4.79 Å². The minimum atomic E-state index is -0.702. The third-order valence-corrected chi connectivity index (χ3v) is 1.80. The molecule has 0 aromatic carbocycles. The maximum Gasteiger partial charge on any atom is 0.306 e. The fraction of sp³-hybridized carbons (Fsp3) is 0.889. The molecule has 72 valence electrons. The molecule has 0 aliphatic rings. The van der Waals surface area contributed by atoms with E-state index in [0.717, 1.165) is 32.5 Å². The molecule has 0 saturated carbocycles. The molecular formula is C9H18O3. The van der Waals surface area contributed by atoms with Crippen LogP contribution in [0.25, 0.3) is 0 Å². The van der Waals surface area contributed by atoms with Crippen molar-refractivity contribution in [3.05, 3.63) is 0 Å². The smallest absolute Gasteiger partial charge is 0.306 e. The van der Waals surface area contributed by atoms with Crippen LogP contribution in [0, 0.1) is 5.92 Å². The first-order valence-electron chi connectivity index (χ1n) is 4.49. The third kappa shape index (κ3) is 6.16. The van der Waals surface area contributed by atoms with Crippen molar-refractivity contribution in [1.82, 2.24) is 0 Å². The van der Waals surface area contributed by atoms with E-state index in [1.807, 2.05) is 6.92 Å². The van der Waals surface area contributed by atoms with Gasteiger partial charge in [0.25, 0.3) is 0 Å². The maximum absolute atomic E-state index is 10.4. The summed E-state index contributed by atoms with van der Waals surface area (Å²) in [6.45, 7) is 5.19. The zero-order valence-electron chi connectivity index (χ0n) is 7.88. The van der Waals surface area contributed by atoms with Gasteiger partial charge in [-0.25, -0.2) is 0 Å². The second-order valence-electron chi connectivity index (χ2n) is 2.93. The average molecular weight is 174 g/mol. The summed E-state index contributed by atoms with van der Waals surface area (Å²) < 4.78 is 5.13. The van der Waals surface area contributed by atoms with Crippen molar-refractivity contribution < 1.29 is 14.6 Å². The van der Waals surface area contributed by atoms with Gasteiger partial charge in [-0.15, -0.1) is 0 Å². The van der Waals surface area contributed by atoms with Crippen LogP contribution < -0.4 is 0 Å². The van der Waals surface area contributed by atoms with Gasteiger partial charge in [0.05, 0.1) is 5.92 Å². The first kappa shape index (κ1) is 11.4. The number of aliphatic carboxylic acids is 1. The molecule has 0 aromatic rings. The van der Waals surface area contributed by atoms with Crippen LogP contribution in [0.2, 0.25) is 0 Å². The van der Waals surface area contributed by atoms with Crippen LogP contribution in [-0.4, -0.2) is 24.3 Å². The number of hydrogen-bond donors (Lipinski definition) is 1. The van der Waals surface area contributed by atoms with Crippen LogP contribution >= 0.6 is 0 Å². The number of ether oxygens (including phenoxy) is 1. The molecule has 0 amide bonds. The average Bonchev–Trinajstić information content (AvgIpc) is 2.03. The first-order chi connectivity index (χ1) is 5.68. The SMILES string of the molecule is CCOCCCCC(C)C(=O)O. The number of carboxylic acid groups (broad SMARTS) is 1. The van der Waals surface area contributed by atoms with Gasteiger partial charge in [0.15, 0.2) is 0 Å². The van der Waals surface area contributed by atoms with E-state index in [2.05, 4.69) is 0 Å². The summed E-state index contributed by atoms with van der Waals surface area (Å²) >= 11 is 0. The Labute approximate surface area is 73.7 Å². The minimum absolute atomic E-state index is 0.216. The Morgan fingerprint density at radius 2 is 2.17 bits per heavy atom. The van der Waals surface area contributed by atoms with Gasteiger partial charge in [-0.05, 0) is 19.8 Å². The van der Waals surface area contributed by atoms with Crippen molar-refractivity contribution in [2.45, 2.75) is 33.1 Å². The predicted octanol–water partition coefficient (Wildman–Crippen LogP) is 1.91. The molecule has 0 spiro atoms. The monoisotopic (exact) mass is 174 g/mol. The zero-order valence-corrected chi connectivity index (χ0v) is 7.88. The molecule has 0 saturated heterocycles. The van der Waals surface area contributed by atoms with E-state index in [1.165, 1.54) is 0 Å². The topological polar surface area (TPSA) is 46.5 Å². The Kier molecular flexibility index (Phi) is 6.76. The van der Waals surface area contributed by atoms with Crippen LogP contribution in [-0.2, 0) is 9.53 Å². The molecule has 0 aliphatic carbocycles. The number of unbranched alkanes of at least 4 members (excludes halogenated alkanes) is 1. The lowest BCUT2D eigenvalue weighted by Crippen LogP contribution is -2.09. The van der Waals surface area contributed by atoms with Gasteiger partial charge in [0, 0.05) is 13.2 Å². The van der Waals surface area contributed by atoms with Gasteiger partial charge >= 0.3 is 5.97 Å². The van der Waals surface area contributed by atoms with Crippen molar-refractivity contribution in [1.29, 1.82) is 0 Å². The normalized spacial score (nSPS) is 12.8. The van der Waals surface area contributed by atoms with E-state index in [0.29, 0.717) is 0 Å². The summed E-state index contributed by atoms with van der Waals surface area (Å²) in [5.74, 6) is -0.918. The largest absolute Gasteiger partial charge is 0.481 e. The van der Waals surface area contributed by atoms with E-state index in [1.54, 1.807) is 6.92 Å². The molecule has 0 aromatic heterocycles. The Balaban J connectivity index is 3.14. The van der Waals surface area contributed by atoms with E-state index < -0.39 is 5.97 Å². The molecule has 3 nitrogen and oxygen atoms in total. The third-order valence-electron chi connectivity index (χ3n) is 1.80. The molecule has 0 bridgehead atoms. The molecule has 1 N–H and O–H groups in total. The van der Waals surface area contributed by atoms with Crippen molar-refractivity contribution in [3.63, 3.8) is 0 Å². The predicted molar refractivity (Wildman–Crippen MR) is 47.1 cm³/mol. The molecule has 0 heterocycles. The van der Waals surface area contributed by atoms with Crippen LogP contribution in [0.1, 0.15) is 33.1 Å². The fourth-order valence-corrected chi connectivity index (χ4v) is 0.922. The lowest BCUT2D eigenvalue weighted by atomic mass is 10.1. The summed E-state index contributed by atoms with van der Waals surface area (Å²) in [5.41, 5.74) is 0. The molecule has 0 fully saturated rings. The minimum Gasteiger partial charge on any atom is -0.481 e. The highest BCUT2D eigenvalue weighted by molar-refractivity contribution is 5.69. The van der Waals surface area contributed by atoms with E-state index >= 15 is 0 Å². The number of carbonyl (C=O) groups is 1. The highest BCUT2D eigenvalue weighted by Gasteiger charge is 2.09. The van der Waals surface area contributed by atoms with Crippen LogP contribution in [0.3, 0.4) is 0 Å².